The summed E-state index contributed by atoms with van der Waals surface area (Å²) in [6.45, 7) is 2.31. The van der Waals surface area contributed by atoms with Gasteiger partial charge < -0.3 is 14.6 Å². The second kappa shape index (κ2) is 4.79. The number of carboxylic acid groups (broad SMARTS) is 1. The van der Waals surface area contributed by atoms with Gasteiger partial charge in [-0.25, -0.2) is 0 Å². The molecular weight excluding hydrogens is 204 g/mol. The topological polar surface area (TPSA) is 66.4 Å². The molecule has 1 heterocycles. The molecule has 5 heteroatoms. The van der Waals surface area contributed by atoms with E-state index in [1.165, 1.54) is 6.92 Å². The van der Waals surface area contributed by atoms with Crippen LogP contribution in [0.15, 0.2) is 0 Å². The minimum Gasteiger partial charge on any atom is -0.550 e. The molecule has 0 saturated carbocycles. The number of carbonyl (C=O) groups is 2. The SMILES string of the molecule is CC(=O)SCC1(C(=O)[O-])CCOCC1. The van der Waals surface area contributed by atoms with Gasteiger partial charge in [0.05, 0.1) is 0 Å². The van der Waals surface area contributed by atoms with E-state index in [2.05, 4.69) is 0 Å². The molecule has 0 amide bonds. The van der Waals surface area contributed by atoms with E-state index >= 15 is 0 Å². The fourth-order valence-corrected chi connectivity index (χ4v) is 2.30. The summed E-state index contributed by atoms with van der Waals surface area (Å²) in [4.78, 5) is 21.8. The van der Waals surface area contributed by atoms with Gasteiger partial charge in [0.1, 0.15) is 0 Å². The first-order chi connectivity index (χ1) is 6.57. The Bertz CT molecular complexity index is 233. The van der Waals surface area contributed by atoms with E-state index in [9.17, 15) is 14.7 Å². The lowest BCUT2D eigenvalue weighted by Gasteiger charge is -2.37. The Morgan fingerprint density at radius 3 is 2.43 bits per heavy atom. The molecular formula is C9H13O4S-. The molecule has 0 atom stereocenters. The molecule has 0 unspecified atom stereocenters. The predicted molar refractivity (Wildman–Crippen MR) is 50.6 cm³/mol. The average Bonchev–Trinajstić information content (AvgIpc) is 2.16. The molecule has 80 valence electrons. The molecule has 0 N–H and O–H groups in total. The van der Waals surface area contributed by atoms with Crippen molar-refractivity contribution in [2.24, 2.45) is 5.41 Å². The Hall–Kier alpha value is -0.550. The average molecular weight is 217 g/mol. The standard InChI is InChI=1S/C9H14O4S/c1-7(10)14-6-9(8(11)12)2-4-13-5-3-9/h2-6H2,1H3,(H,11,12)/p-1. The van der Waals surface area contributed by atoms with E-state index < -0.39 is 11.4 Å². The molecule has 0 aliphatic carbocycles. The smallest absolute Gasteiger partial charge is 0.185 e. The third-order valence-corrected chi connectivity index (χ3v) is 3.54. The van der Waals surface area contributed by atoms with Gasteiger partial charge in [-0.15, -0.1) is 0 Å². The molecule has 1 aliphatic rings. The summed E-state index contributed by atoms with van der Waals surface area (Å²) in [5, 5.41) is 10.9. The first-order valence-electron chi connectivity index (χ1n) is 4.49. The van der Waals surface area contributed by atoms with E-state index in [1.54, 1.807) is 0 Å². The van der Waals surface area contributed by atoms with Gasteiger partial charge in [-0.1, -0.05) is 11.8 Å². The summed E-state index contributed by atoms with van der Waals surface area (Å²) in [6.07, 6.45) is 0.880. The lowest BCUT2D eigenvalue weighted by atomic mass is 9.82. The fraction of sp³-hybridized carbons (Fsp3) is 0.778. The summed E-state index contributed by atoms with van der Waals surface area (Å²) in [7, 11) is 0. The molecule has 0 aromatic heterocycles. The van der Waals surface area contributed by atoms with Crippen LogP contribution in [-0.4, -0.2) is 30.1 Å². The summed E-state index contributed by atoms with van der Waals surface area (Å²) in [5.41, 5.74) is -0.866. The monoisotopic (exact) mass is 217 g/mol. The third kappa shape index (κ3) is 2.72. The van der Waals surface area contributed by atoms with Crippen molar-refractivity contribution in [1.29, 1.82) is 0 Å². The van der Waals surface area contributed by atoms with Gasteiger partial charge in [0.15, 0.2) is 5.12 Å². The first-order valence-corrected chi connectivity index (χ1v) is 5.48. The predicted octanol–water partition coefficient (Wildman–Crippen LogP) is -0.187. The summed E-state index contributed by atoms with van der Waals surface area (Å²) >= 11 is 1.05. The maximum atomic E-state index is 11.0. The Labute approximate surface area is 87.0 Å². The lowest BCUT2D eigenvalue weighted by molar-refractivity contribution is -0.320. The van der Waals surface area contributed by atoms with Crippen LogP contribution in [0.3, 0.4) is 0 Å². The van der Waals surface area contributed by atoms with Gasteiger partial charge in [-0.2, -0.15) is 0 Å². The Morgan fingerprint density at radius 2 is 2.00 bits per heavy atom. The van der Waals surface area contributed by atoms with Gasteiger partial charge in [0, 0.05) is 37.3 Å². The fourth-order valence-electron chi connectivity index (χ4n) is 1.41. The molecule has 0 bridgehead atoms. The van der Waals surface area contributed by atoms with E-state index in [1.807, 2.05) is 0 Å². The lowest BCUT2D eigenvalue weighted by Crippen LogP contribution is -2.47. The minimum absolute atomic E-state index is 0.0582. The van der Waals surface area contributed by atoms with Crippen LogP contribution in [0.5, 0.6) is 0 Å². The number of rotatable bonds is 3. The molecule has 0 spiro atoms. The van der Waals surface area contributed by atoms with E-state index in [-0.39, 0.29) is 5.12 Å². The molecule has 1 saturated heterocycles. The summed E-state index contributed by atoms with van der Waals surface area (Å²) in [6, 6.07) is 0. The molecule has 14 heavy (non-hydrogen) atoms. The van der Waals surface area contributed by atoms with Crippen molar-refractivity contribution < 1.29 is 19.4 Å². The van der Waals surface area contributed by atoms with Crippen molar-refractivity contribution in [3.8, 4) is 0 Å². The number of carbonyl (C=O) groups excluding carboxylic acids is 2. The molecule has 1 rings (SSSR count). The van der Waals surface area contributed by atoms with Crippen LogP contribution in [-0.2, 0) is 14.3 Å². The van der Waals surface area contributed by atoms with E-state index in [0.717, 1.165) is 11.8 Å². The molecule has 4 nitrogen and oxygen atoms in total. The molecule has 0 aromatic carbocycles. The highest BCUT2D eigenvalue weighted by atomic mass is 32.2. The molecule has 0 radical (unpaired) electrons. The van der Waals surface area contributed by atoms with Gasteiger partial charge in [0.2, 0.25) is 0 Å². The van der Waals surface area contributed by atoms with Gasteiger partial charge >= 0.3 is 0 Å². The third-order valence-electron chi connectivity index (χ3n) is 2.43. The first kappa shape index (κ1) is 11.5. The van der Waals surface area contributed by atoms with Gasteiger partial charge in [-0.3, -0.25) is 4.79 Å². The quantitative estimate of drug-likeness (QED) is 0.655. The van der Waals surface area contributed by atoms with Crippen LogP contribution >= 0.6 is 11.8 Å². The van der Waals surface area contributed by atoms with Crippen LogP contribution in [0.4, 0.5) is 0 Å². The summed E-state index contributed by atoms with van der Waals surface area (Å²) < 4.78 is 5.10. The number of ether oxygens (including phenoxy) is 1. The van der Waals surface area contributed by atoms with Crippen LogP contribution in [0, 0.1) is 5.41 Å². The Balaban J connectivity index is 2.60. The normalized spacial score (nSPS) is 20.4. The zero-order valence-corrected chi connectivity index (χ0v) is 8.89. The van der Waals surface area contributed by atoms with Crippen molar-refractivity contribution >= 4 is 22.8 Å². The Morgan fingerprint density at radius 1 is 1.43 bits per heavy atom. The second-order valence-corrected chi connectivity index (χ2v) is 4.61. The molecule has 1 fully saturated rings. The number of aliphatic carboxylic acids is 1. The van der Waals surface area contributed by atoms with Crippen LogP contribution < -0.4 is 5.11 Å². The highest BCUT2D eigenvalue weighted by Gasteiger charge is 2.34. The highest BCUT2D eigenvalue weighted by molar-refractivity contribution is 8.13. The number of hydrogen-bond acceptors (Lipinski definition) is 5. The van der Waals surface area contributed by atoms with Crippen molar-refractivity contribution in [2.75, 3.05) is 19.0 Å². The maximum Gasteiger partial charge on any atom is 0.185 e. The minimum atomic E-state index is -1.06. The van der Waals surface area contributed by atoms with Crippen LogP contribution in [0.1, 0.15) is 19.8 Å². The van der Waals surface area contributed by atoms with Gasteiger partial charge in [0.25, 0.3) is 0 Å². The van der Waals surface area contributed by atoms with E-state index in [4.69, 9.17) is 4.74 Å². The maximum absolute atomic E-state index is 11.0. The number of carboxylic acids is 1. The van der Waals surface area contributed by atoms with Crippen molar-refractivity contribution in [3.05, 3.63) is 0 Å². The highest BCUT2D eigenvalue weighted by Crippen LogP contribution is 2.33. The van der Waals surface area contributed by atoms with Crippen molar-refractivity contribution in [2.45, 2.75) is 19.8 Å². The zero-order valence-electron chi connectivity index (χ0n) is 8.08. The molecule has 1 aliphatic heterocycles. The summed E-state index contributed by atoms with van der Waals surface area (Å²) in [5.74, 6) is -0.761. The molecule has 0 aromatic rings. The Kier molecular flexibility index (Phi) is 3.95. The van der Waals surface area contributed by atoms with Crippen molar-refractivity contribution in [1.82, 2.24) is 0 Å². The van der Waals surface area contributed by atoms with Gasteiger partial charge in [-0.05, 0) is 12.8 Å². The zero-order chi connectivity index (χ0) is 10.6. The number of thioether (sulfide) groups is 1. The largest absolute Gasteiger partial charge is 0.550 e. The second-order valence-electron chi connectivity index (χ2n) is 3.46. The van der Waals surface area contributed by atoms with Crippen LogP contribution in [0.25, 0.3) is 0 Å². The number of hydrogen-bond donors (Lipinski definition) is 0. The van der Waals surface area contributed by atoms with E-state index in [0.29, 0.717) is 31.8 Å². The van der Waals surface area contributed by atoms with Crippen LogP contribution in [0.2, 0.25) is 0 Å². The van der Waals surface area contributed by atoms with Crippen molar-refractivity contribution in [3.63, 3.8) is 0 Å².